The Morgan fingerprint density at radius 1 is 1.62 bits per heavy atom. The van der Waals surface area contributed by atoms with Crippen molar-refractivity contribution in [1.29, 1.82) is 0 Å². The summed E-state index contributed by atoms with van der Waals surface area (Å²) < 4.78 is 0. The number of hydrogen-bond donors (Lipinski definition) is 2. The highest BCUT2D eigenvalue weighted by atomic mass is 32.2. The van der Waals surface area contributed by atoms with Crippen LogP contribution in [0.4, 0.5) is 0 Å². The van der Waals surface area contributed by atoms with Crippen LogP contribution in [-0.2, 0) is 9.59 Å². The third-order valence-electron chi connectivity index (χ3n) is 2.76. The SMILES string of the molecule is CSCC(CS)C(=O)N1CCCC1C(=O)O. The quantitative estimate of drug-likeness (QED) is 0.726. The zero-order valence-electron chi connectivity index (χ0n) is 9.26. The molecule has 0 aromatic heterocycles. The minimum Gasteiger partial charge on any atom is -0.480 e. The molecule has 0 aromatic carbocycles. The van der Waals surface area contributed by atoms with Gasteiger partial charge in [0.2, 0.25) is 5.91 Å². The molecule has 92 valence electrons. The van der Waals surface area contributed by atoms with E-state index < -0.39 is 12.0 Å². The van der Waals surface area contributed by atoms with Gasteiger partial charge < -0.3 is 10.0 Å². The second kappa shape index (κ2) is 6.39. The second-order valence-corrected chi connectivity index (χ2v) is 5.14. The van der Waals surface area contributed by atoms with E-state index in [-0.39, 0.29) is 11.8 Å². The molecule has 1 fully saturated rings. The van der Waals surface area contributed by atoms with Crippen LogP contribution in [0.2, 0.25) is 0 Å². The van der Waals surface area contributed by atoms with Crippen molar-refractivity contribution < 1.29 is 14.7 Å². The number of carboxylic acid groups (broad SMARTS) is 1. The molecule has 0 aromatic rings. The molecule has 1 amide bonds. The molecule has 2 atom stereocenters. The first kappa shape index (κ1) is 13.7. The third kappa shape index (κ3) is 3.07. The molecule has 4 nitrogen and oxygen atoms in total. The average molecular weight is 263 g/mol. The number of aliphatic carboxylic acids is 1. The van der Waals surface area contributed by atoms with Gasteiger partial charge in [0.1, 0.15) is 6.04 Å². The Morgan fingerprint density at radius 2 is 2.31 bits per heavy atom. The summed E-state index contributed by atoms with van der Waals surface area (Å²) in [7, 11) is 0. The summed E-state index contributed by atoms with van der Waals surface area (Å²) in [6, 6.07) is -0.628. The molecule has 1 N–H and O–H groups in total. The number of carboxylic acids is 1. The molecule has 1 rings (SSSR count). The zero-order chi connectivity index (χ0) is 12.1. The van der Waals surface area contributed by atoms with Crippen LogP contribution in [0, 0.1) is 5.92 Å². The first-order chi connectivity index (χ1) is 7.61. The van der Waals surface area contributed by atoms with Crippen LogP contribution in [0.25, 0.3) is 0 Å². The Morgan fingerprint density at radius 3 is 2.81 bits per heavy atom. The van der Waals surface area contributed by atoms with Gasteiger partial charge in [-0.1, -0.05) is 0 Å². The molecule has 1 saturated heterocycles. The number of thioether (sulfide) groups is 1. The third-order valence-corrected chi connectivity index (χ3v) is 3.93. The van der Waals surface area contributed by atoms with Crippen molar-refractivity contribution in [3.8, 4) is 0 Å². The normalized spacial score (nSPS) is 22.1. The largest absolute Gasteiger partial charge is 0.480 e. The van der Waals surface area contributed by atoms with Crippen LogP contribution in [0.1, 0.15) is 12.8 Å². The highest BCUT2D eigenvalue weighted by Crippen LogP contribution is 2.21. The highest BCUT2D eigenvalue weighted by Gasteiger charge is 2.36. The second-order valence-electron chi connectivity index (χ2n) is 3.86. The van der Waals surface area contributed by atoms with Gasteiger partial charge in [0.15, 0.2) is 0 Å². The van der Waals surface area contributed by atoms with Crippen molar-refractivity contribution in [3.05, 3.63) is 0 Å². The fourth-order valence-electron chi connectivity index (χ4n) is 1.93. The summed E-state index contributed by atoms with van der Waals surface area (Å²) in [5.74, 6) is 0.0497. The number of amides is 1. The van der Waals surface area contributed by atoms with Crippen LogP contribution < -0.4 is 0 Å². The van der Waals surface area contributed by atoms with Crippen LogP contribution >= 0.6 is 24.4 Å². The van der Waals surface area contributed by atoms with Crippen LogP contribution in [0.5, 0.6) is 0 Å². The molecule has 0 saturated carbocycles. The van der Waals surface area contributed by atoms with Crippen molar-refractivity contribution in [2.75, 3.05) is 24.3 Å². The summed E-state index contributed by atoms with van der Waals surface area (Å²) in [5.41, 5.74) is 0. The van der Waals surface area contributed by atoms with E-state index in [0.717, 1.165) is 6.42 Å². The lowest BCUT2D eigenvalue weighted by atomic mass is 10.1. The average Bonchev–Trinajstić information content (AvgIpc) is 2.73. The van der Waals surface area contributed by atoms with E-state index in [4.69, 9.17) is 5.11 Å². The number of thiol groups is 1. The monoisotopic (exact) mass is 263 g/mol. The molecular formula is C10H17NO3S2. The van der Waals surface area contributed by atoms with E-state index in [1.807, 2.05) is 6.26 Å². The van der Waals surface area contributed by atoms with Gasteiger partial charge in [-0.25, -0.2) is 4.79 Å². The molecule has 0 spiro atoms. The first-order valence-corrected chi connectivity index (χ1v) is 7.27. The van der Waals surface area contributed by atoms with E-state index in [1.165, 1.54) is 4.90 Å². The smallest absolute Gasteiger partial charge is 0.326 e. The molecule has 0 aliphatic carbocycles. The number of carbonyl (C=O) groups excluding carboxylic acids is 1. The highest BCUT2D eigenvalue weighted by molar-refractivity contribution is 7.98. The lowest BCUT2D eigenvalue weighted by Gasteiger charge is -2.25. The van der Waals surface area contributed by atoms with Gasteiger partial charge in [0.25, 0.3) is 0 Å². The van der Waals surface area contributed by atoms with E-state index in [1.54, 1.807) is 11.8 Å². The molecule has 1 heterocycles. The molecule has 16 heavy (non-hydrogen) atoms. The lowest BCUT2D eigenvalue weighted by Crippen LogP contribution is -2.44. The maximum absolute atomic E-state index is 12.1. The number of hydrogen-bond acceptors (Lipinski definition) is 4. The first-order valence-electron chi connectivity index (χ1n) is 5.25. The number of carbonyl (C=O) groups is 2. The van der Waals surface area contributed by atoms with Crippen molar-refractivity contribution in [2.24, 2.45) is 5.92 Å². The predicted molar refractivity (Wildman–Crippen MR) is 68.1 cm³/mol. The minimum atomic E-state index is -0.895. The zero-order valence-corrected chi connectivity index (χ0v) is 11.0. The van der Waals surface area contributed by atoms with Gasteiger partial charge in [-0.2, -0.15) is 24.4 Å². The summed E-state index contributed by atoms with van der Waals surface area (Å²) in [5, 5.41) is 9.00. The van der Waals surface area contributed by atoms with Crippen molar-refractivity contribution in [3.63, 3.8) is 0 Å². The molecule has 6 heteroatoms. The topological polar surface area (TPSA) is 57.6 Å². The van der Waals surface area contributed by atoms with Gasteiger partial charge in [-0.3, -0.25) is 4.79 Å². The maximum atomic E-state index is 12.1. The maximum Gasteiger partial charge on any atom is 0.326 e. The predicted octanol–water partition coefficient (Wildman–Crippen LogP) is 0.971. The summed E-state index contributed by atoms with van der Waals surface area (Å²) in [4.78, 5) is 24.5. The minimum absolute atomic E-state index is 0.0609. The Kier molecular flexibility index (Phi) is 5.48. The van der Waals surface area contributed by atoms with Crippen LogP contribution in [0.3, 0.4) is 0 Å². The summed E-state index contributed by atoms with van der Waals surface area (Å²) in [6.45, 7) is 0.564. The van der Waals surface area contributed by atoms with Gasteiger partial charge in [-0.15, -0.1) is 0 Å². The van der Waals surface area contributed by atoms with Crippen molar-refractivity contribution >= 4 is 36.3 Å². The number of likely N-dealkylation sites (tertiary alicyclic amines) is 1. The fraction of sp³-hybridized carbons (Fsp3) is 0.800. The Hall–Kier alpha value is -0.360. The van der Waals surface area contributed by atoms with Gasteiger partial charge in [-0.05, 0) is 19.1 Å². The Bertz CT molecular complexity index is 273. The molecule has 0 radical (unpaired) electrons. The molecule has 0 bridgehead atoms. The molecular weight excluding hydrogens is 246 g/mol. The number of nitrogens with zero attached hydrogens (tertiary/aromatic N) is 1. The summed E-state index contributed by atoms with van der Waals surface area (Å²) in [6.07, 6.45) is 3.28. The van der Waals surface area contributed by atoms with Gasteiger partial charge in [0, 0.05) is 18.1 Å². The molecule has 1 aliphatic rings. The lowest BCUT2D eigenvalue weighted by molar-refractivity contribution is -0.149. The van der Waals surface area contributed by atoms with E-state index in [0.29, 0.717) is 24.5 Å². The van der Waals surface area contributed by atoms with E-state index in [9.17, 15) is 9.59 Å². The molecule has 1 aliphatic heterocycles. The number of rotatable bonds is 5. The van der Waals surface area contributed by atoms with Crippen LogP contribution in [-0.4, -0.2) is 52.2 Å². The summed E-state index contributed by atoms with van der Waals surface area (Å²) >= 11 is 5.74. The van der Waals surface area contributed by atoms with E-state index in [2.05, 4.69) is 12.6 Å². The van der Waals surface area contributed by atoms with Crippen LogP contribution in [0.15, 0.2) is 0 Å². The van der Waals surface area contributed by atoms with Crippen molar-refractivity contribution in [2.45, 2.75) is 18.9 Å². The van der Waals surface area contributed by atoms with E-state index >= 15 is 0 Å². The van der Waals surface area contributed by atoms with Gasteiger partial charge >= 0.3 is 5.97 Å². The Balaban J connectivity index is 2.67. The fourth-order valence-corrected chi connectivity index (χ4v) is 3.05. The van der Waals surface area contributed by atoms with Crippen molar-refractivity contribution in [1.82, 2.24) is 4.90 Å². The molecule has 2 unspecified atom stereocenters. The standard InChI is InChI=1S/C10H17NO3S2/c1-16-6-7(5-15)9(12)11-4-2-3-8(11)10(13)14/h7-8,15H,2-6H2,1H3,(H,13,14). The van der Waals surface area contributed by atoms with Gasteiger partial charge in [0.05, 0.1) is 5.92 Å². The Labute approximate surface area is 105 Å².